The van der Waals surface area contributed by atoms with E-state index in [0.717, 1.165) is 54.5 Å². The number of hydrogen-bond acceptors (Lipinski definition) is 7. The first-order valence-electron chi connectivity index (χ1n) is 14.8. The lowest BCUT2D eigenvalue weighted by Gasteiger charge is -2.35. The van der Waals surface area contributed by atoms with E-state index in [2.05, 4.69) is 27.6 Å². The van der Waals surface area contributed by atoms with Gasteiger partial charge in [0.2, 0.25) is 11.8 Å². The minimum absolute atomic E-state index is 0.0509. The van der Waals surface area contributed by atoms with Crippen molar-refractivity contribution < 1.29 is 29.6 Å². The molecule has 2 heterocycles. The van der Waals surface area contributed by atoms with Crippen LogP contribution in [0.3, 0.4) is 0 Å². The molecule has 1 aromatic carbocycles. The summed E-state index contributed by atoms with van der Waals surface area (Å²) in [4.78, 5) is 33.2. The molecule has 2 aromatic rings. The first-order valence-corrected chi connectivity index (χ1v) is 15.9. The Bertz CT molecular complexity index is 1380. The molecule has 224 valence electrons. The SMILES string of the molecule is COc1cc(/C=C(/CC[C@@H](O)C2=C(C)C[C@H]3C(=O)N(C4CCCCC4)C(=O)[C@H]3[C@H]2CO)c2ccccn2)cc(I)c1O. The minimum atomic E-state index is -0.892. The number of carbonyl (C=O) groups excluding carboxylic acids is 2. The largest absolute Gasteiger partial charge is 0.504 e. The number of benzene rings is 1. The van der Waals surface area contributed by atoms with E-state index >= 15 is 0 Å². The van der Waals surface area contributed by atoms with Crippen LogP contribution in [0, 0.1) is 21.3 Å². The fraction of sp³-hybridized carbons (Fsp3) is 0.485. The molecule has 0 radical (unpaired) electrons. The van der Waals surface area contributed by atoms with Gasteiger partial charge < -0.3 is 20.1 Å². The summed E-state index contributed by atoms with van der Waals surface area (Å²) in [5, 5.41) is 32.4. The molecule has 3 N–H and O–H groups in total. The van der Waals surface area contributed by atoms with Crippen LogP contribution in [0.15, 0.2) is 47.7 Å². The smallest absolute Gasteiger partial charge is 0.234 e. The van der Waals surface area contributed by atoms with Crippen LogP contribution in [0.2, 0.25) is 0 Å². The molecule has 1 aliphatic heterocycles. The van der Waals surface area contributed by atoms with Crippen molar-refractivity contribution in [3.8, 4) is 11.5 Å². The zero-order chi connectivity index (χ0) is 30.0. The van der Waals surface area contributed by atoms with E-state index in [1.165, 1.54) is 12.0 Å². The monoisotopic (exact) mass is 686 g/mol. The summed E-state index contributed by atoms with van der Waals surface area (Å²) < 4.78 is 5.99. The quantitative estimate of drug-likeness (QED) is 0.185. The highest BCUT2D eigenvalue weighted by Crippen LogP contribution is 2.47. The van der Waals surface area contributed by atoms with Gasteiger partial charge in [0.15, 0.2) is 11.5 Å². The summed E-state index contributed by atoms with van der Waals surface area (Å²) in [6.45, 7) is 1.62. The molecule has 0 spiro atoms. The number of ether oxygens (including phenoxy) is 1. The van der Waals surface area contributed by atoms with Crippen molar-refractivity contribution in [3.05, 3.63) is 62.5 Å². The number of hydrogen-bond donors (Lipinski definition) is 3. The number of phenols is 1. The van der Waals surface area contributed by atoms with Gasteiger partial charge in [-0.15, -0.1) is 0 Å². The highest BCUT2D eigenvalue weighted by atomic mass is 127. The fourth-order valence-corrected chi connectivity index (χ4v) is 7.77. The van der Waals surface area contributed by atoms with Crippen molar-refractivity contribution in [1.29, 1.82) is 0 Å². The van der Waals surface area contributed by atoms with E-state index < -0.39 is 23.9 Å². The topological polar surface area (TPSA) is 120 Å². The van der Waals surface area contributed by atoms with Gasteiger partial charge in [0, 0.05) is 18.2 Å². The number of aliphatic hydroxyl groups is 2. The van der Waals surface area contributed by atoms with Crippen molar-refractivity contribution in [2.75, 3.05) is 13.7 Å². The lowest BCUT2D eigenvalue weighted by molar-refractivity contribution is -0.143. The first-order chi connectivity index (χ1) is 20.2. The van der Waals surface area contributed by atoms with Gasteiger partial charge >= 0.3 is 0 Å². The number of pyridine rings is 1. The van der Waals surface area contributed by atoms with Crippen LogP contribution in [0.25, 0.3) is 11.6 Å². The summed E-state index contributed by atoms with van der Waals surface area (Å²) in [5.41, 5.74) is 4.05. The molecule has 9 heteroatoms. The number of amides is 2. The average Bonchev–Trinajstić information content (AvgIpc) is 3.25. The fourth-order valence-electron chi connectivity index (χ4n) is 7.15. The lowest BCUT2D eigenvalue weighted by Crippen LogP contribution is -2.42. The Morgan fingerprint density at radius 3 is 2.62 bits per heavy atom. The normalized spacial score (nSPS) is 24.3. The van der Waals surface area contributed by atoms with Gasteiger partial charge in [0.05, 0.1) is 40.9 Å². The first kappa shape index (κ1) is 30.7. The molecule has 2 amide bonds. The van der Waals surface area contributed by atoms with Crippen molar-refractivity contribution in [2.24, 2.45) is 17.8 Å². The second kappa shape index (κ2) is 13.3. The van der Waals surface area contributed by atoms with E-state index in [4.69, 9.17) is 4.74 Å². The predicted molar refractivity (Wildman–Crippen MR) is 168 cm³/mol. The third kappa shape index (κ3) is 6.01. The van der Waals surface area contributed by atoms with Crippen molar-refractivity contribution in [1.82, 2.24) is 9.88 Å². The van der Waals surface area contributed by atoms with Crippen LogP contribution in [-0.4, -0.2) is 62.9 Å². The highest BCUT2D eigenvalue weighted by molar-refractivity contribution is 14.1. The summed E-state index contributed by atoms with van der Waals surface area (Å²) in [5.74, 6) is -1.52. The molecule has 8 nitrogen and oxygen atoms in total. The van der Waals surface area contributed by atoms with Crippen molar-refractivity contribution >= 4 is 46.1 Å². The second-order valence-electron chi connectivity index (χ2n) is 11.7. The Hall–Kier alpha value is -2.76. The van der Waals surface area contributed by atoms with E-state index in [1.807, 2.05) is 37.3 Å². The zero-order valence-electron chi connectivity index (χ0n) is 24.1. The Morgan fingerprint density at radius 2 is 1.95 bits per heavy atom. The molecular weight excluding hydrogens is 647 g/mol. The Labute approximate surface area is 260 Å². The third-order valence-electron chi connectivity index (χ3n) is 9.15. The Kier molecular flexibility index (Phi) is 9.69. The van der Waals surface area contributed by atoms with Crippen LogP contribution in [0.1, 0.15) is 69.5 Å². The van der Waals surface area contributed by atoms with Crippen molar-refractivity contribution in [3.63, 3.8) is 0 Å². The number of aromatic nitrogens is 1. The number of aromatic hydroxyl groups is 1. The van der Waals surface area contributed by atoms with Gasteiger partial charge in [-0.1, -0.05) is 30.9 Å². The highest BCUT2D eigenvalue weighted by Gasteiger charge is 2.55. The molecule has 1 saturated heterocycles. The maximum Gasteiger partial charge on any atom is 0.234 e. The molecule has 0 bridgehead atoms. The number of imide groups is 1. The summed E-state index contributed by atoms with van der Waals surface area (Å²) in [6, 6.07) is 9.23. The maximum absolute atomic E-state index is 13.7. The Balaban J connectivity index is 1.39. The zero-order valence-corrected chi connectivity index (χ0v) is 26.3. The standard InChI is InChI=1S/C33H39IN2O6/c1-19-14-23-30(33(41)36(32(23)40)22-8-4-3-5-9-22)24(18-37)29(19)27(38)12-11-21(26-10-6-7-13-35-26)15-20-16-25(34)31(39)28(17-20)42-2/h6-7,10,13,15-17,22-24,27,30,37-39H,3-5,8-9,11-12,14,18H2,1-2H3/b21-15-/t23-,24+,27-,30-/m1/s1. The summed E-state index contributed by atoms with van der Waals surface area (Å²) >= 11 is 2.06. The van der Waals surface area contributed by atoms with Gasteiger partial charge in [0.1, 0.15) is 0 Å². The van der Waals surface area contributed by atoms with Crippen LogP contribution < -0.4 is 4.74 Å². The number of phenolic OH excluding ortho intramolecular Hbond substituents is 1. The molecule has 3 aliphatic rings. The van der Waals surface area contributed by atoms with Gasteiger partial charge in [-0.2, -0.15) is 0 Å². The van der Waals surface area contributed by atoms with E-state index in [1.54, 1.807) is 12.3 Å². The minimum Gasteiger partial charge on any atom is -0.504 e. The number of methoxy groups -OCH3 is 1. The number of fused-ring (bicyclic) bond motifs is 1. The lowest BCUT2D eigenvalue weighted by atomic mass is 9.68. The molecule has 0 unspecified atom stereocenters. The van der Waals surface area contributed by atoms with Crippen LogP contribution in [0.5, 0.6) is 11.5 Å². The van der Waals surface area contributed by atoms with Crippen LogP contribution in [0.4, 0.5) is 0 Å². The number of aliphatic hydroxyl groups excluding tert-OH is 2. The van der Waals surface area contributed by atoms with Gasteiger partial charge in [0.25, 0.3) is 0 Å². The number of rotatable bonds is 9. The molecule has 5 rings (SSSR count). The van der Waals surface area contributed by atoms with E-state index in [-0.39, 0.29) is 30.2 Å². The van der Waals surface area contributed by atoms with Gasteiger partial charge in [-0.25, -0.2) is 0 Å². The average molecular weight is 687 g/mol. The molecule has 42 heavy (non-hydrogen) atoms. The molecule has 4 atom stereocenters. The predicted octanol–water partition coefficient (Wildman–Crippen LogP) is 5.34. The van der Waals surface area contributed by atoms with Crippen LogP contribution >= 0.6 is 22.6 Å². The molecule has 1 saturated carbocycles. The third-order valence-corrected chi connectivity index (χ3v) is 9.97. The maximum atomic E-state index is 13.7. The van der Waals surface area contributed by atoms with Crippen molar-refractivity contribution in [2.45, 2.75) is 70.4 Å². The number of allylic oxidation sites excluding steroid dienone is 2. The number of carbonyl (C=O) groups is 2. The molecule has 2 aliphatic carbocycles. The Morgan fingerprint density at radius 1 is 1.19 bits per heavy atom. The number of halogens is 1. The van der Waals surface area contributed by atoms with E-state index in [0.29, 0.717) is 34.2 Å². The number of nitrogens with zero attached hydrogens (tertiary/aromatic N) is 2. The molecule has 2 fully saturated rings. The van der Waals surface area contributed by atoms with Gasteiger partial charge in [-0.3, -0.25) is 19.5 Å². The van der Waals surface area contributed by atoms with Crippen LogP contribution in [-0.2, 0) is 9.59 Å². The summed E-state index contributed by atoms with van der Waals surface area (Å²) in [7, 11) is 1.51. The molecule has 1 aromatic heterocycles. The summed E-state index contributed by atoms with van der Waals surface area (Å²) in [6.07, 6.45) is 8.91. The van der Waals surface area contributed by atoms with Gasteiger partial charge in [-0.05, 0) is 109 Å². The second-order valence-corrected chi connectivity index (χ2v) is 12.9. The number of likely N-dealkylation sites (tertiary alicyclic amines) is 1. The van der Waals surface area contributed by atoms with E-state index in [9.17, 15) is 24.9 Å². The molecular formula is C33H39IN2O6.